The van der Waals surface area contributed by atoms with Crippen molar-refractivity contribution in [3.63, 3.8) is 0 Å². The zero-order valence-electron chi connectivity index (χ0n) is 7.88. The highest BCUT2D eigenvalue weighted by Gasteiger charge is 2.27. The van der Waals surface area contributed by atoms with Crippen LogP contribution in [0.15, 0.2) is 16.6 Å². The fraction of sp³-hybridized carbons (Fsp3) is 0.364. The van der Waals surface area contributed by atoms with Gasteiger partial charge in [0.05, 0.1) is 19.1 Å². The van der Waals surface area contributed by atoms with Gasteiger partial charge in [-0.25, -0.2) is 0 Å². The van der Waals surface area contributed by atoms with Crippen molar-refractivity contribution in [2.75, 3.05) is 7.11 Å². The molecule has 0 amide bonds. The molecule has 0 aromatic heterocycles. The van der Waals surface area contributed by atoms with Crippen LogP contribution in [0.5, 0.6) is 5.75 Å². The molecule has 1 unspecified atom stereocenters. The SMILES string of the molecule is COc1ccc(Br)c2c1C(C#N)CC2. The third kappa shape index (κ3) is 1.31. The van der Waals surface area contributed by atoms with Crippen molar-refractivity contribution in [1.29, 1.82) is 5.26 Å². The Morgan fingerprint density at radius 2 is 2.36 bits per heavy atom. The molecule has 0 saturated carbocycles. The lowest BCUT2D eigenvalue weighted by Crippen LogP contribution is -1.95. The Morgan fingerprint density at radius 1 is 1.57 bits per heavy atom. The lowest BCUT2D eigenvalue weighted by Gasteiger charge is -2.10. The Balaban J connectivity index is 2.61. The van der Waals surface area contributed by atoms with Crippen molar-refractivity contribution in [1.82, 2.24) is 0 Å². The van der Waals surface area contributed by atoms with E-state index < -0.39 is 0 Å². The van der Waals surface area contributed by atoms with E-state index in [2.05, 4.69) is 22.0 Å². The Hall–Kier alpha value is -1.01. The number of hydrogen-bond donors (Lipinski definition) is 0. The fourth-order valence-electron chi connectivity index (χ4n) is 1.99. The number of nitrogens with zero attached hydrogens (tertiary/aromatic N) is 1. The van der Waals surface area contributed by atoms with Gasteiger partial charge in [-0.3, -0.25) is 0 Å². The number of fused-ring (bicyclic) bond motifs is 1. The van der Waals surface area contributed by atoms with Crippen LogP contribution in [-0.2, 0) is 6.42 Å². The van der Waals surface area contributed by atoms with E-state index in [9.17, 15) is 0 Å². The molecule has 0 bridgehead atoms. The molecular weight excluding hydrogens is 242 g/mol. The second-order valence-corrected chi connectivity index (χ2v) is 4.22. The fourth-order valence-corrected chi connectivity index (χ4v) is 2.54. The third-order valence-electron chi connectivity index (χ3n) is 2.67. The highest BCUT2D eigenvalue weighted by Crippen LogP contribution is 2.42. The molecule has 14 heavy (non-hydrogen) atoms. The average molecular weight is 252 g/mol. The summed E-state index contributed by atoms with van der Waals surface area (Å²) in [6.07, 6.45) is 1.87. The molecule has 0 spiro atoms. The van der Waals surface area contributed by atoms with E-state index in [0.717, 1.165) is 28.6 Å². The quantitative estimate of drug-likeness (QED) is 0.769. The first-order chi connectivity index (χ1) is 6.77. The molecule has 72 valence electrons. The molecule has 0 aliphatic heterocycles. The minimum atomic E-state index is -0.00236. The van der Waals surface area contributed by atoms with Crippen molar-refractivity contribution >= 4 is 15.9 Å². The van der Waals surface area contributed by atoms with E-state index in [0.29, 0.717) is 0 Å². The number of benzene rings is 1. The molecule has 0 fully saturated rings. The number of nitriles is 1. The van der Waals surface area contributed by atoms with Crippen LogP contribution in [0, 0.1) is 11.3 Å². The molecular formula is C11H10BrNO. The second-order valence-electron chi connectivity index (χ2n) is 3.36. The summed E-state index contributed by atoms with van der Waals surface area (Å²) in [4.78, 5) is 0. The van der Waals surface area contributed by atoms with Gasteiger partial charge in [-0.1, -0.05) is 15.9 Å². The Labute approximate surface area is 91.6 Å². The number of hydrogen-bond acceptors (Lipinski definition) is 2. The van der Waals surface area contributed by atoms with E-state index in [1.807, 2.05) is 12.1 Å². The highest BCUT2D eigenvalue weighted by molar-refractivity contribution is 9.10. The maximum atomic E-state index is 9.00. The van der Waals surface area contributed by atoms with Crippen molar-refractivity contribution < 1.29 is 4.74 Å². The molecule has 0 N–H and O–H groups in total. The number of ether oxygens (including phenoxy) is 1. The van der Waals surface area contributed by atoms with Crippen LogP contribution in [-0.4, -0.2) is 7.11 Å². The molecule has 3 heteroatoms. The van der Waals surface area contributed by atoms with Gasteiger partial charge >= 0.3 is 0 Å². The molecule has 0 radical (unpaired) electrons. The number of methoxy groups -OCH3 is 1. The maximum Gasteiger partial charge on any atom is 0.123 e. The Morgan fingerprint density at radius 3 is 3.00 bits per heavy atom. The minimum absolute atomic E-state index is 0.00236. The summed E-state index contributed by atoms with van der Waals surface area (Å²) in [6.45, 7) is 0. The van der Waals surface area contributed by atoms with E-state index in [1.165, 1.54) is 5.56 Å². The molecule has 1 atom stereocenters. The summed E-state index contributed by atoms with van der Waals surface area (Å²) in [5, 5.41) is 9.00. The normalized spacial score (nSPS) is 18.8. The van der Waals surface area contributed by atoms with Crippen LogP contribution < -0.4 is 4.74 Å². The lowest BCUT2D eigenvalue weighted by molar-refractivity contribution is 0.409. The second kappa shape index (κ2) is 3.62. The summed E-state index contributed by atoms with van der Waals surface area (Å²) < 4.78 is 6.36. The summed E-state index contributed by atoms with van der Waals surface area (Å²) >= 11 is 3.50. The van der Waals surface area contributed by atoms with Gasteiger partial charge in [0.2, 0.25) is 0 Å². The van der Waals surface area contributed by atoms with E-state index in [4.69, 9.17) is 10.00 Å². The van der Waals surface area contributed by atoms with Crippen LogP contribution in [0.2, 0.25) is 0 Å². The lowest BCUT2D eigenvalue weighted by atomic mass is 10.0. The van der Waals surface area contributed by atoms with Gasteiger partial charge in [-0.05, 0) is 30.5 Å². The largest absolute Gasteiger partial charge is 0.496 e. The smallest absolute Gasteiger partial charge is 0.123 e. The molecule has 1 aliphatic rings. The van der Waals surface area contributed by atoms with Gasteiger partial charge in [0.25, 0.3) is 0 Å². The van der Waals surface area contributed by atoms with E-state index in [-0.39, 0.29) is 5.92 Å². The molecule has 2 nitrogen and oxygen atoms in total. The van der Waals surface area contributed by atoms with E-state index in [1.54, 1.807) is 7.11 Å². The monoisotopic (exact) mass is 251 g/mol. The van der Waals surface area contributed by atoms with Crippen LogP contribution in [0.4, 0.5) is 0 Å². The number of halogens is 1. The van der Waals surface area contributed by atoms with E-state index >= 15 is 0 Å². The highest BCUT2D eigenvalue weighted by atomic mass is 79.9. The summed E-state index contributed by atoms with van der Waals surface area (Å²) in [7, 11) is 1.65. The molecule has 2 rings (SSSR count). The van der Waals surface area contributed by atoms with Gasteiger partial charge in [0, 0.05) is 10.0 Å². The maximum absolute atomic E-state index is 9.00. The summed E-state index contributed by atoms with van der Waals surface area (Å²) in [6, 6.07) is 6.22. The van der Waals surface area contributed by atoms with Crippen LogP contribution in [0.1, 0.15) is 23.5 Å². The predicted molar refractivity (Wildman–Crippen MR) is 57.4 cm³/mol. The molecule has 1 aromatic carbocycles. The molecule has 0 saturated heterocycles. The first kappa shape index (κ1) is 9.54. The topological polar surface area (TPSA) is 33.0 Å². The van der Waals surface area contributed by atoms with Crippen molar-refractivity contribution in [3.8, 4) is 11.8 Å². The Kier molecular flexibility index (Phi) is 2.47. The molecule has 1 aromatic rings. The standard InChI is InChI=1S/C11H10BrNO/c1-14-10-5-4-9(12)8-3-2-7(6-13)11(8)10/h4-5,7H,2-3H2,1H3. The average Bonchev–Trinajstić information content (AvgIpc) is 2.63. The van der Waals surface area contributed by atoms with Gasteiger partial charge in [-0.15, -0.1) is 0 Å². The van der Waals surface area contributed by atoms with Crippen LogP contribution in [0.3, 0.4) is 0 Å². The first-order valence-electron chi connectivity index (χ1n) is 4.52. The van der Waals surface area contributed by atoms with Crippen LogP contribution in [0.25, 0.3) is 0 Å². The van der Waals surface area contributed by atoms with Gasteiger partial charge < -0.3 is 4.74 Å². The summed E-state index contributed by atoms with van der Waals surface area (Å²) in [5.41, 5.74) is 2.31. The first-order valence-corrected chi connectivity index (χ1v) is 5.32. The zero-order chi connectivity index (χ0) is 10.1. The molecule has 1 aliphatic carbocycles. The third-order valence-corrected chi connectivity index (χ3v) is 3.41. The summed E-state index contributed by atoms with van der Waals surface area (Å²) in [5.74, 6) is 0.838. The van der Waals surface area contributed by atoms with Gasteiger partial charge in [0.1, 0.15) is 5.75 Å². The zero-order valence-corrected chi connectivity index (χ0v) is 9.47. The molecule has 0 heterocycles. The Bertz CT molecular complexity index is 408. The van der Waals surface area contributed by atoms with Crippen molar-refractivity contribution in [2.24, 2.45) is 0 Å². The van der Waals surface area contributed by atoms with Gasteiger partial charge in [0.15, 0.2) is 0 Å². The van der Waals surface area contributed by atoms with Crippen molar-refractivity contribution in [3.05, 3.63) is 27.7 Å². The number of rotatable bonds is 1. The van der Waals surface area contributed by atoms with Crippen molar-refractivity contribution in [2.45, 2.75) is 18.8 Å². The van der Waals surface area contributed by atoms with Crippen LogP contribution >= 0.6 is 15.9 Å². The van der Waals surface area contributed by atoms with Gasteiger partial charge in [-0.2, -0.15) is 5.26 Å². The predicted octanol–water partition coefficient (Wildman–Crippen LogP) is 3.01. The minimum Gasteiger partial charge on any atom is -0.496 e.